The normalized spacial score (nSPS) is 21.6. The molecular formula is C15H19NO3S. The molecule has 1 amide bonds. The number of sulfone groups is 1. The number of allylic oxidation sites excluding steroid dienone is 1. The van der Waals surface area contributed by atoms with Gasteiger partial charge in [0.1, 0.15) is 0 Å². The molecule has 0 bridgehead atoms. The number of hydrogen-bond acceptors (Lipinski definition) is 3. The van der Waals surface area contributed by atoms with Crippen LogP contribution in [0.4, 0.5) is 0 Å². The van der Waals surface area contributed by atoms with Gasteiger partial charge in [0.05, 0.1) is 11.5 Å². The third-order valence-corrected chi connectivity index (χ3v) is 5.31. The Balaban J connectivity index is 1.87. The Bertz CT molecular complexity index is 605. The molecule has 1 aliphatic rings. The first-order valence-corrected chi connectivity index (χ1v) is 8.50. The van der Waals surface area contributed by atoms with E-state index < -0.39 is 9.84 Å². The van der Waals surface area contributed by atoms with Gasteiger partial charge in [-0.25, -0.2) is 8.42 Å². The molecule has 108 valence electrons. The van der Waals surface area contributed by atoms with Gasteiger partial charge in [-0.3, -0.25) is 4.79 Å². The molecule has 1 saturated heterocycles. The second kappa shape index (κ2) is 6.22. The van der Waals surface area contributed by atoms with Crippen LogP contribution >= 0.6 is 0 Å². The van der Waals surface area contributed by atoms with Crippen LogP contribution < -0.4 is 5.32 Å². The summed E-state index contributed by atoms with van der Waals surface area (Å²) in [5, 5.41) is 2.78. The molecule has 1 fully saturated rings. The maximum absolute atomic E-state index is 11.8. The van der Waals surface area contributed by atoms with Crippen molar-refractivity contribution < 1.29 is 13.2 Å². The van der Waals surface area contributed by atoms with E-state index in [1.165, 1.54) is 0 Å². The maximum Gasteiger partial charge on any atom is 0.244 e. The van der Waals surface area contributed by atoms with Crippen molar-refractivity contribution in [3.05, 3.63) is 42.0 Å². The molecule has 0 spiro atoms. The van der Waals surface area contributed by atoms with E-state index in [1.807, 2.05) is 37.3 Å². The summed E-state index contributed by atoms with van der Waals surface area (Å²) in [7, 11) is -2.88. The number of nitrogens with one attached hydrogen (secondary N) is 1. The zero-order valence-corrected chi connectivity index (χ0v) is 12.3. The minimum absolute atomic E-state index is 0.0504. The maximum atomic E-state index is 11.8. The average molecular weight is 293 g/mol. The summed E-state index contributed by atoms with van der Waals surface area (Å²) in [6.07, 6.45) is 2.20. The molecule has 2 rings (SSSR count). The Morgan fingerprint density at radius 3 is 2.65 bits per heavy atom. The summed E-state index contributed by atoms with van der Waals surface area (Å²) >= 11 is 0. The number of amides is 1. The molecule has 1 aromatic rings. The minimum Gasteiger partial charge on any atom is -0.352 e. The second-order valence-electron chi connectivity index (χ2n) is 5.21. The van der Waals surface area contributed by atoms with Crippen molar-refractivity contribution >= 4 is 21.3 Å². The first kappa shape index (κ1) is 14.8. The molecule has 1 heterocycles. The number of carbonyl (C=O) groups is 1. The van der Waals surface area contributed by atoms with Crippen molar-refractivity contribution in [3.63, 3.8) is 0 Å². The van der Waals surface area contributed by atoms with Gasteiger partial charge in [-0.1, -0.05) is 30.3 Å². The van der Waals surface area contributed by atoms with Crippen molar-refractivity contribution in [3.8, 4) is 0 Å². The van der Waals surface area contributed by atoms with Crippen molar-refractivity contribution in [2.45, 2.75) is 13.3 Å². The van der Waals surface area contributed by atoms with E-state index in [-0.39, 0.29) is 23.3 Å². The van der Waals surface area contributed by atoms with Crippen LogP contribution in [0, 0.1) is 5.92 Å². The quantitative estimate of drug-likeness (QED) is 0.858. The lowest BCUT2D eigenvalue weighted by Gasteiger charge is -2.08. The van der Waals surface area contributed by atoms with Gasteiger partial charge in [-0.05, 0) is 30.4 Å². The van der Waals surface area contributed by atoms with Crippen LogP contribution in [0.1, 0.15) is 18.9 Å². The Morgan fingerprint density at radius 1 is 1.35 bits per heavy atom. The predicted molar refractivity (Wildman–Crippen MR) is 79.9 cm³/mol. The summed E-state index contributed by atoms with van der Waals surface area (Å²) in [6.45, 7) is 2.31. The van der Waals surface area contributed by atoms with E-state index in [1.54, 1.807) is 6.08 Å². The monoisotopic (exact) mass is 293 g/mol. The lowest BCUT2D eigenvalue weighted by atomic mass is 10.1. The molecule has 1 atom stereocenters. The largest absolute Gasteiger partial charge is 0.352 e. The van der Waals surface area contributed by atoms with E-state index in [2.05, 4.69) is 5.32 Å². The molecule has 0 saturated carbocycles. The fraction of sp³-hybridized carbons (Fsp3) is 0.400. The highest BCUT2D eigenvalue weighted by molar-refractivity contribution is 7.91. The lowest BCUT2D eigenvalue weighted by molar-refractivity contribution is -0.116. The molecule has 1 N–H and O–H groups in total. The van der Waals surface area contributed by atoms with Crippen LogP contribution in [0.2, 0.25) is 0 Å². The zero-order valence-electron chi connectivity index (χ0n) is 11.5. The molecule has 1 aromatic carbocycles. The van der Waals surface area contributed by atoms with E-state index in [4.69, 9.17) is 0 Å². The van der Waals surface area contributed by atoms with Gasteiger partial charge >= 0.3 is 0 Å². The van der Waals surface area contributed by atoms with Crippen LogP contribution in [0.25, 0.3) is 5.57 Å². The van der Waals surface area contributed by atoms with Gasteiger partial charge < -0.3 is 5.32 Å². The van der Waals surface area contributed by atoms with Gasteiger partial charge in [0.25, 0.3) is 0 Å². The van der Waals surface area contributed by atoms with E-state index in [0.717, 1.165) is 11.1 Å². The Kier molecular flexibility index (Phi) is 4.60. The number of carbonyl (C=O) groups excluding carboxylic acids is 1. The van der Waals surface area contributed by atoms with Crippen molar-refractivity contribution in [2.24, 2.45) is 5.92 Å². The first-order valence-electron chi connectivity index (χ1n) is 6.68. The van der Waals surface area contributed by atoms with Crippen molar-refractivity contribution in [1.82, 2.24) is 5.32 Å². The van der Waals surface area contributed by atoms with Crippen molar-refractivity contribution in [1.29, 1.82) is 0 Å². The van der Waals surface area contributed by atoms with Gasteiger partial charge in [-0.15, -0.1) is 0 Å². The topological polar surface area (TPSA) is 63.2 Å². The first-order chi connectivity index (χ1) is 9.46. The Morgan fingerprint density at radius 2 is 2.05 bits per heavy atom. The van der Waals surface area contributed by atoms with Gasteiger partial charge in [-0.2, -0.15) is 0 Å². The van der Waals surface area contributed by atoms with Crippen LogP contribution in [0.3, 0.4) is 0 Å². The van der Waals surface area contributed by atoms with Crippen LogP contribution in [0.15, 0.2) is 36.4 Å². The number of benzene rings is 1. The highest BCUT2D eigenvalue weighted by atomic mass is 32.2. The highest BCUT2D eigenvalue weighted by Crippen LogP contribution is 2.17. The molecular weight excluding hydrogens is 274 g/mol. The molecule has 0 aromatic heterocycles. The second-order valence-corrected chi connectivity index (χ2v) is 7.44. The van der Waals surface area contributed by atoms with E-state index in [0.29, 0.717) is 13.0 Å². The van der Waals surface area contributed by atoms with Gasteiger partial charge in [0, 0.05) is 12.6 Å². The van der Waals surface area contributed by atoms with Gasteiger partial charge in [0.2, 0.25) is 5.91 Å². The number of rotatable bonds is 4. The molecule has 1 aliphatic heterocycles. The fourth-order valence-electron chi connectivity index (χ4n) is 2.31. The van der Waals surface area contributed by atoms with Gasteiger partial charge in [0.15, 0.2) is 9.84 Å². The summed E-state index contributed by atoms with van der Waals surface area (Å²) in [5.41, 5.74) is 1.90. The molecule has 5 heteroatoms. The van der Waals surface area contributed by atoms with Crippen LogP contribution in [-0.2, 0) is 14.6 Å². The average Bonchev–Trinajstić information content (AvgIpc) is 2.77. The summed E-state index contributed by atoms with van der Waals surface area (Å²) < 4.78 is 22.6. The van der Waals surface area contributed by atoms with Crippen LogP contribution in [0.5, 0.6) is 0 Å². The van der Waals surface area contributed by atoms with Crippen molar-refractivity contribution in [2.75, 3.05) is 18.1 Å². The summed E-state index contributed by atoms with van der Waals surface area (Å²) in [5.74, 6) is 0.311. The van der Waals surface area contributed by atoms with E-state index >= 15 is 0 Å². The predicted octanol–water partition coefficient (Wildman–Crippen LogP) is 1.64. The third-order valence-electron chi connectivity index (χ3n) is 3.47. The smallest absolute Gasteiger partial charge is 0.244 e. The fourth-order valence-corrected chi connectivity index (χ4v) is 4.17. The molecule has 20 heavy (non-hydrogen) atoms. The number of hydrogen-bond donors (Lipinski definition) is 1. The highest BCUT2D eigenvalue weighted by Gasteiger charge is 2.27. The molecule has 4 nitrogen and oxygen atoms in total. The van der Waals surface area contributed by atoms with E-state index in [9.17, 15) is 13.2 Å². The zero-order chi connectivity index (χ0) is 14.6. The minimum atomic E-state index is -2.88. The van der Waals surface area contributed by atoms with Crippen LogP contribution in [-0.4, -0.2) is 32.4 Å². The Labute approximate surface area is 119 Å². The SMILES string of the molecule is CC(=CC(=O)NCC1CCS(=O)(=O)C1)c1ccccc1. The summed E-state index contributed by atoms with van der Waals surface area (Å²) in [4.78, 5) is 11.8. The standard InChI is InChI=1S/C15H19NO3S/c1-12(14-5-3-2-4-6-14)9-15(17)16-10-13-7-8-20(18,19)11-13/h2-6,9,13H,7-8,10-11H2,1H3,(H,16,17). The third kappa shape index (κ3) is 4.20. The summed E-state index contributed by atoms with van der Waals surface area (Å²) in [6, 6.07) is 9.67. The Hall–Kier alpha value is -1.62. The lowest BCUT2D eigenvalue weighted by Crippen LogP contribution is -2.28. The molecule has 0 radical (unpaired) electrons. The molecule has 0 aliphatic carbocycles. The molecule has 1 unspecified atom stereocenters.